The molecule has 0 N–H and O–H groups in total. The summed E-state index contributed by atoms with van der Waals surface area (Å²) in [5, 5.41) is 0. The van der Waals surface area contributed by atoms with Crippen LogP contribution in [-0.4, -0.2) is 35.2 Å². The van der Waals surface area contributed by atoms with Crippen LogP contribution in [0.2, 0.25) is 0 Å². The number of aryl methyl sites for hydroxylation is 23. The molecule has 0 fully saturated rings. The molecule has 0 aliphatic carbocycles. The molecule has 0 spiro atoms. The van der Waals surface area contributed by atoms with Crippen molar-refractivity contribution in [3.8, 4) is 0 Å². The molecule has 0 unspecified atom stereocenters. The summed E-state index contributed by atoms with van der Waals surface area (Å²) < 4.78 is 0. The Bertz CT molecular complexity index is 4010. The highest BCUT2D eigenvalue weighted by Gasteiger charge is 2.17. The molecule has 5 nitrogen and oxygen atoms in total. The van der Waals surface area contributed by atoms with Crippen LogP contribution in [0.15, 0.2) is 164 Å². The summed E-state index contributed by atoms with van der Waals surface area (Å²) in [6.07, 6.45) is 0. The quantitative estimate of drug-likeness (QED) is 0.135. The van der Waals surface area contributed by atoms with Crippen molar-refractivity contribution < 1.29 is 0 Å². The standard InChI is InChI=1S/2C19H25N.C18H23N.C17H21N.C15H17N/c1-12-8-16(5)18(10-14(12)3)20(7)19-11-15(4)13(2)9-17(19)6;1-12-8-14(3)18(15(4)9-12)20(7)19-16(5)10-13(2)11-17(19)6;1-12-7-8-17(10-14(12)3)19(6)18-11-15(4)13(2)9-16(18)5;1-12-6-8-16(9-7-12)18(5)17-11-14(3)13(2)10-15(17)4;1-12-8-4-6-10-14(12)16(3)15-11-7-5-9-13(15)2/h2*8-11H,1-7H3;7-11H,1-6H3;6-11H,1-5H3;4-11H,1-3H3. The smallest absolute Gasteiger partial charge is 0.0467 e. The van der Waals surface area contributed by atoms with E-state index in [2.05, 4.69) is 383 Å². The lowest BCUT2D eigenvalue weighted by Crippen LogP contribution is -2.15. The lowest BCUT2D eigenvalue weighted by Gasteiger charge is -2.28. The third-order valence-electron chi connectivity index (χ3n) is 18.9. The molecule has 0 radical (unpaired) electrons. The Hall–Kier alpha value is -8.80. The highest BCUT2D eigenvalue weighted by atomic mass is 15.1. The molecule has 0 atom stereocenters. The fourth-order valence-electron chi connectivity index (χ4n) is 12.9. The van der Waals surface area contributed by atoms with Gasteiger partial charge in [-0.25, -0.2) is 0 Å². The van der Waals surface area contributed by atoms with Gasteiger partial charge in [-0.3, -0.25) is 0 Å². The molecule has 0 saturated carbocycles. The molecule has 488 valence electrons. The van der Waals surface area contributed by atoms with Crippen LogP contribution in [0.1, 0.15) is 128 Å². The zero-order valence-corrected chi connectivity index (χ0v) is 62.3. The van der Waals surface area contributed by atoms with Crippen molar-refractivity contribution in [3.05, 3.63) is 292 Å². The Balaban J connectivity index is 0.000000185. The second kappa shape index (κ2) is 32.2. The zero-order chi connectivity index (χ0) is 69.0. The molecule has 0 aliphatic rings. The SMILES string of the molecule is Cc1cc(C)c(N(C)c2c(C)cc(C)cc2C)c(C)c1.Cc1cc(C)c(N(C)c2cc(C)c(C)cc2C)cc1C.Cc1ccc(N(C)c2cc(C)c(C)cc2C)cc1.Cc1ccc(N(C)c2cc(C)c(C)cc2C)cc1C.Cc1ccccc1N(C)c1ccccc1C. The first-order valence-corrected chi connectivity index (χ1v) is 33.1. The maximum absolute atomic E-state index is 2.34. The number of para-hydroxylation sites is 2. The first-order valence-electron chi connectivity index (χ1n) is 33.1. The minimum Gasteiger partial charge on any atom is -0.344 e. The first kappa shape index (κ1) is 73.3. The van der Waals surface area contributed by atoms with E-state index < -0.39 is 0 Å². The highest BCUT2D eigenvalue weighted by molar-refractivity contribution is 5.75. The summed E-state index contributed by atoms with van der Waals surface area (Å²) in [6, 6.07) is 59.4. The third-order valence-corrected chi connectivity index (χ3v) is 18.9. The number of hydrogen-bond donors (Lipinski definition) is 0. The molecule has 93 heavy (non-hydrogen) atoms. The minimum absolute atomic E-state index is 1.23. The highest BCUT2D eigenvalue weighted by Crippen LogP contribution is 2.38. The maximum atomic E-state index is 2.34. The van der Waals surface area contributed by atoms with E-state index in [1.807, 2.05) is 0 Å². The van der Waals surface area contributed by atoms with Crippen molar-refractivity contribution in [2.75, 3.05) is 59.7 Å². The molecule has 10 rings (SSSR count). The Labute approximate surface area is 564 Å². The van der Waals surface area contributed by atoms with Gasteiger partial charge in [0.25, 0.3) is 0 Å². The van der Waals surface area contributed by atoms with Gasteiger partial charge >= 0.3 is 0 Å². The van der Waals surface area contributed by atoms with Gasteiger partial charge in [0.15, 0.2) is 0 Å². The predicted octanol–water partition coefficient (Wildman–Crippen LogP) is 24.4. The topological polar surface area (TPSA) is 16.2 Å². The molecule has 10 aromatic carbocycles. The Morgan fingerprint density at radius 1 is 0.161 bits per heavy atom. The van der Waals surface area contributed by atoms with Crippen LogP contribution in [-0.2, 0) is 0 Å². The van der Waals surface area contributed by atoms with E-state index in [4.69, 9.17) is 0 Å². The fourth-order valence-corrected chi connectivity index (χ4v) is 12.9. The Kier molecular flexibility index (Phi) is 25.3. The Morgan fingerprint density at radius 2 is 0.430 bits per heavy atom. The van der Waals surface area contributed by atoms with Crippen LogP contribution >= 0.6 is 0 Å². The molecule has 10 aromatic rings. The van der Waals surface area contributed by atoms with E-state index in [-0.39, 0.29) is 0 Å². The van der Waals surface area contributed by atoms with E-state index in [9.17, 15) is 0 Å². The summed E-state index contributed by atoms with van der Waals surface area (Å²) in [5.41, 5.74) is 43.5. The van der Waals surface area contributed by atoms with E-state index in [1.165, 1.54) is 185 Å². The summed E-state index contributed by atoms with van der Waals surface area (Å²) in [6.45, 7) is 49.9. The second-order valence-corrected chi connectivity index (χ2v) is 26.9. The molecule has 0 amide bonds. The van der Waals surface area contributed by atoms with Crippen LogP contribution < -0.4 is 24.5 Å². The van der Waals surface area contributed by atoms with Gasteiger partial charge < -0.3 is 24.5 Å². The lowest BCUT2D eigenvalue weighted by atomic mass is 10.0. The molecule has 0 saturated heterocycles. The minimum atomic E-state index is 1.23. The first-order chi connectivity index (χ1) is 43.7. The molecular weight excluding hydrogens is 1130 g/mol. The van der Waals surface area contributed by atoms with Crippen molar-refractivity contribution >= 4 is 56.9 Å². The van der Waals surface area contributed by atoms with Gasteiger partial charge in [0.05, 0.1) is 0 Å². The van der Waals surface area contributed by atoms with Gasteiger partial charge in [-0.1, -0.05) is 120 Å². The average molecular weight is 1240 g/mol. The molecule has 0 aromatic heterocycles. The summed E-state index contributed by atoms with van der Waals surface area (Å²) in [4.78, 5) is 11.4. The largest absolute Gasteiger partial charge is 0.344 e. The monoisotopic (exact) mass is 1240 g/mol. The van der Waals surface area contributed by atoms with Gasteiger partial charge in [-0.15, -0.1) is 0 Å². The summed E-state index contributed by atoms with van der Waals surface area (Å²) >= 11 is 0. The zero-order valence-electron chi connectivity index (χ0n) is 62.3. The van der Waals surface area contributed by atoms with Crippen molar-refractivity contribution in [3.63, 3.8) is 0 Å². The molecular formula is C88H111N5. The van der Waals surface area contributed by atoms with Crippen molar-refractivity contribution in [1.82, 2.24) is 0 Å². The van der Waals surface area contributed by atoms with E-state index in [1.54, 1.807) is 0 Å². The van der Waals surface area contributed by atoms with Crippen LogP contribution in [0.25, 0.3) is 0 Å². The molecule has 5 heteroatoms. The van der Waals surface area contributed by atoms with E-state index >= 15 is 0 Å². The van der Waals surface area contributed by atoms with Crippen molar-refractivity contribution in [2.24, 2.45) is 0 Å². The van der Waals surface area contributed by atoms with Gasteiger partial charge in [0, 0.05) is 92.1 Å². The van der Waals surface area contributed by atoms with Crippen LogP contribution in [0.4, 0.5) is 56.9 Å². The van der Waals surface area contributed by atoms with Gasteiger partial charge in [-0.05, 0) is 331 Å². The molecule has 0 heterocycles. The predicted molar refractivity (Wildman–Crippen MR) is 414 cm³/mol. The van der Waals surface area contributed by atoms with Crippen LogP contribution in [0.3, 0.4) is 0 Å². The third kappa shape index (κ3) is 18.5. The number of anilines is 10. The number of nitrogens with zero attached hydrogens (tertiary/aromatic N) is 5. The van der Waals surface area contributed by atoms with Gasteiger partial charge in [-0.2, -0.15) is 0 Å². The van der Waals surface area contributed by atoms with Crippen LogP contribution in [0, 0.1) is 159 Å². The summed E-state index contributed by atoms with van der Waals surface area (Å²) in [5.74, 6) is 0. The summed E-state index contributed by atoms with van der Waals surface area (Å²) in [7, 11) is 10.7. The molecule has 0 aliphatic heterocycles. The number of rotatable bonds is 10. The average Bonchev–Trinajstić information content (AvgIpc) is 0.865. The fraction of sp³-hybridized carbons (Fsp3) is 0.318. The van der Waals surface area contributed by atoms with Gasteiger partial charge in [0.1, 0.15) is 0 Å². The lowest BCUT2D eigenvalue weighted by molar-refractivity contribution is 1.12. The van der Waals surface area contributed by atoms with Crippen LogP contribution in [0.5, 0.6) is 0 Å². The second-order valence-electron chi connectivity index (χ2n) is 26.9. The molecule has 0 bridgehead atoms. The normalized spacial score (nSPS) is 10.6. The van der Waals surface area contributed by atoms with Gasteiger partial charge in [0.2, 0.25) is 0 Å². The Morgan fingerprint density at radius 3 is 0.753 bits per heavy atom. The van der Waals surface area contributed by atoms with E-state index in [0.717, 1.165) is 0 Å². The maximum Gasteiger partial charge on any atom is 0.0467 e. The van der Waals surface area contributed by atoms with Crippen molar-refractivity contribution in [1.29, 1.82) is 0 Å². The van der Waals surface area contributed by atoms with Crippen molar-refractivity contribution in [2.45, 2.75) is 159 Å². The number of benzene rings is 10. The number of hydrogen-bond acceptors (Lipinski definition) is 5. The van der Waals surface area contributed by atoms with E-state index in [0.29, 0.717) is 0 Å².